The van der Waals surface area contributed by atoms with Crippen LogP contribution in [-0.4, -0.2) is 64.6 Å². The number of benzene rings is 3. The summed E-state index contributed by atoms with van der Waals surface area (Å²) in [5, 5.41) is 2.93. The first-order chi connectivity index (χ1) is 18.0. The van der Waals surface area contributed by atoms with Gasteiger partial charge in [0.15, 0.2) is 6.61 Å². The smallest absolute Gasteiger partial charge is 0.262 e. The van der Waals surface area contributed by atoms with E-state index < -0.39 is 0 Å². The maximum absolute atomic E-state index is 12.4. The molecule has 4 aromatic rings. The lowest BCUT2D eigenvalue weighted by atomic mass is 10.2. The van der Waals surface area contributed by atoms with Crippen LogP contribution in [0.25, 0.3) is 11.0 Å². The molecule has 1 saturated heterocycles. The number of aromatic nitrogens is 2. The van der Waals surface area contributed by atoms with E-state index >= 15 is 0 Å². The molecule has 37 heavy (non-hydrogen) atoms. The van der Waals surface area contributed by atoms with E-state index in [2.05, 4.69) is 57.1 Å². The van der Waals surface area contributed by atoms with Crippen LogP contribution < -0.4 is 10.1 Å². The molecule has 1 aromatic heterocycles. The van der Waals surface area contributed by atoms with Crippen LogP contribution >= 0.6 is 0 Å². The standard InChI is InChI=1S/C30H35N5O2/c1-23-7-6-10-26(19-23)37-22-30(36)31-25-11-12-28-27(20-25)32-29(33(28)2)13-14-34-15-17-35(18-16-34)21-24-8-4-3-5-9-24/h3-12,19-20H,13-18,21-22H2,1-2H3,(H,31,36). The molecule has 192 valence electrons. The van der Waals surface area contributed by atoms with Crippen LogP contribution in [0.1, 0.15) is 17.0 Å². The van der Waals surface area contributed by atoms with E-state index in [4.69, 9.17) is 9.72 Å². The van der Waals surface area contributed by atoms with Gasteiger partial charge in [-0.15, -0.1) is 0 Å². The first-order valence-corrected chi connectivity index (χ1v) is 13.0. The van der Waals surface area contributed by atoms with Gasteiger partial charge in [-0.3, -0.25) is 9.69 Å². The summed E-state index contributed by atoms with van der Waals surface area (Å²) in [7, 11) is 2.07. The molecular weight excluding hydrogens is 462 g/mol. The summed E-state index contributed by atoms with van der Waals surface area (Å²) >= 11 is 0. The summed E-state index contributed by atoms with van der Waals surface area (Å²) in [4.78, 5) is 22.4. The summed E-state index contributed by atoms with van der Waals surface area (Å²) in [6.07, 6.45) is 0.899. The molecule has 1 N–H and O–H groups in total. The van der Waals surface area contributed by atoms with Gasteiger partial charge in [0, 0.05) is 58.4 Å². The number of nitrogens with one attached hydrogen (secondary N) is 1. The van der Waals surface area contributed by atoms with Gasteiger partial charge in [-0.25, -0.2) is 4.98 Å². The number of aryl methyl sites for hydroxylation is 2. The molecule has 7 nitrogen and oxygen atoms in total. The van der Waals surface area contributed by atoms with Crippen molar-refractivity contribution in [3.05, 3.63) is 89.7 Å². The second kappa shape index (κ2) is 11.6. The number of ether oxygens (including phenoxy) is 1. The van der Waals surface area contributed by atoms with Gasteiger partial charge in [0.1, 0.15) is 11.6 Å². The predicted octanol–water partition coefficient (Wildman–Crippen LogP) is 4.26. The second-order valence-corrected chi connectivity index (χ2v) is 9.80. The Kier molecular flexibility index (Phi) is 7.82. The fourth-order valence-corrected chi connectivity index (χ4v) is 4.87. The van der Waals surface area contributed by atoms with Gasteiger partial charge in [-0.05, 0) is 48.4 Å². The molecule has 0 radical (unpaired) electrons. The van der Waals surface area contributed by atoms with Crippen molar-refractivity contribution in [2.24, 2.45) is 7.05 Å². The molecular formula is C30H35N5O2. The fourth-order valence-electron chi connectivity index (χ4n) is 4.87. The number of nitrogens with zero attached hydrogens (tertiary/aromatic N) is 4. The Balaban J connectivity index is 1.12. The third kappa shape index (κ3) is 6.56. The molecule has 7 heteroatoms. The lowest BCUT2D eigenvalue weighted by Gasteiger charge is -2.34. The van der Waals surface area contributed by atoms with Crippen molar-refractivity contribution in [2.45, 2.75) is 19.9 Å². The number of hydrogen-bond donors (Lipinski definition) is 1. The summed E-state index contributed by atoms with van der Waals surface area (Å²) in [5.74, 6) is 1.56. The second-order valence-electron chi connectivity index (χ2n) is 9.80. The van der Waals surface area contributed by atoms with Gasteiger partial charge in [-0.2, -0.15) is 0 Å². The molecule has 0 unspecified atom stereocenters. The summed E-state index contributed by atoms with van der Waals surface area (Å²) < 4.78 is 7.78. The van der Waals surface area contributed by atoms with Gasteiger partial charge in [0.05, 0.1) is 11.0 Å². The van der Waals surface area contributed by atoms with Gasteiger partial charge in [0.25, 0.3) is 5.91 Å². The van der Waals surface area contributed by atoms with E-state index in [1.807, 2.05) is 49.4 Å². The van der Waals surface area contributed by atoms with Crippen LogP contribution in [0.5, 0.6) is 5.75 Å². The normalized spacial score (nSPS) is 14.6. The van der Waals surface area contributed by atoms with Crippen LogP contribution in [0.4, 0.5) is 5.69 Å². The zero-order valence-electron chi connectivity index (χ0n) is 21.7. The molecule has 1 aliphatic rings. The highest BCUT2D eigenvalue weighted by Crippen LogP contribution is 2.21. The number of piperazine rings is 1. The first kappa shape index (κ1) is 25.0. The molecule has 3 aromatic carbocycles. The Labute approximate surface area is 218 Å². The summed E-state index contributed by atoms with van der Waals surface area (Å²) in [5.41, 5.74) is 5.16. The van der Waals surface area contributed by atoms with Crippen molar-refractivity contribution < 1.29 is 9.53 Å². The summed E-state index contributed by atoms with van der Waals surface area (Å²) in [6.45, 7) is 8.33. The highest BCUT2D eigenvalue weighted by atomic mass is 16.5. The van der Waals surface area contributed by atoms with Gasteiger partial charge in [0.2, 0.25) is 0 Å². The molecule has 0 bridgehead atoms. The lowest BCUT2D eigenvalue weighted by Crippen LogP contribution is -2.46. The monoisotopic (exact) mass is 497 g/mol. The molecule has 0 saturated carbocycles. The number of amides is 1. The molecule has 5 rings (SSSR count). The molecule has 0 spiro atoms. The average Bonchev–Trinajstić information content (AvgIpc) is 3.22. The number of hydrogen-bond acceptors (Lipinski definition) is 5. The Morgan fingerprint density at radius 1 is 0.946 bits per heavy atom. The average molecular weight is 498 g/mol. The zero-order valence-corrected chi connectivity index (χ0v) is 21.7. The molecule has 2 heterocycles. The predicted molar refractivity (Wildman–Crippen MR) is 148 cm³/mol. The molecule has 1 aliphatic heterocycles. The minimum atomic E-state index is -0.191. The van der Waals surface area contributed by atoms with E-state index in [0.29, 0.717) is 5.75 Å². The number of carbonyl (C=O) groups excluding carboxylic acids is 1. The Bertz CT molecular complexity index is 1340. The molecule has 0 aliphatic carbocycles. The van der Waals surface area contributed by atoms with Crippen LogP contribution in [0.15, 0.2) is 72.8 Å². The van der Waals surface area contributed by atoms with Crippen molar-refractivity contribution in [3.63, 3.8) is 0 Å². The quantitative estimate of drug-likeness (QED) is 0.374. The number of imidazole rings is 1. The van der Waals surface area contributed by atoms with Gasteiger partial charge < -0.3 is 19.5 Å². The Morgan fingerprint density at radius 2 is 1.73 bits per heavy atom. The van der Waals surface area contributed by atoms with Crippen molar-refractivity contribution >= 4 is 22.6 Å². The van der Waals surface area contributed by atoms with E-state index in [1.165, 1.54) is 5.56 Å². The maximum Gasteiger partial charge on any atom is 0.262 e. The van der Waals surface area contributed by atoms with Crippen molar-refractivity contribution in [2.75, 3.05) is 44.6 Å². The first-order valence-electron chi connectivity index (χ1n) is 13.0. The Hall–Kier alpha value is -3.68. The number of rotatable bonds is 9. The fraction of sp³-hybridized carbons (Fsp3) is 0.333. The zero-order chi connectivity index (χ0) is 25.6. The molecule has 0 atom stereocenters. The van der Waals surface area contributed by atoms with Gasteiger partial charge in [-0.1, -0.05) is 42.5 Å². The lowest BCUT2D eigenvalue weighted by molar-refractivity contribution is -0.118. The van der Waals surface area contributed by atoms with E-state index in [0.717, 1.165) is 73.8 Å². The third-order valence-corrected chi connectivity index (χ3v) is 6.98. The largest absolute Gasteiger partial charge is 0.484 e. The summed E-state index contributed by atoms with van der Waals surface area (Å²) in [6, 6.07) is 24.3. The van der Waals surface area contributed by atoms with E-state index in [-0.39, 0.29) is 12.5 Å². The Morgan fingerprint density at radius 3 is 2.51 bits per heavy atom. The third-order valence-electron chi connectivity index (χ3n) is 6.98. The van der Waals surface area contributed by atoms with Crippen LogP contribution in [-0.2, 0) is 24.8 Å². The topological polar surface area (TPSA) is 62.6 Å². The van der Waals surface area contributed by atoms with Crippen molar-refractivity contribution in [1.29, 1.82) is 0 Å². The highest BCUT2D eigenvalue weighted by Gasteiger charge is 2.18. The number of fused-ring (bicyclic) bond motifs is 1. The van der Waals surface area contributed by atoms with E-state index in [9.17, 15) is 4.79 Å². The van der Waals surface area contributed by atoms with Crippen LogP contribution in [0.2, 0.25) is 0 Å². The molecule has 1 fully saturated rings. The van der Waals surface area contributed by atoms with Crippen molar-refractivity contribution in [1.82, 2.24) is 19.4 Å². The van der Waals surface area contributed by atoms with Crippen molar-refractivity contribution in [3.8, 4) is 5.75 Å². The van der Waals surface area contributed by atoms with Gasteiger partial charge >= 0.3 is 0 Å². The SMILES string of the molecule is Cc1cccc(OCC(=O)Nc2ccc3c(c2)nc(CCN2CCN(Cc4ccccc4)CC2)n3C)c1. The highest BCUT2D eigenvalue weighted by molar-refractivity contribution is 5.94. The number of anilines is 1. The maximum atomic E-state index is 12.4. The number of carbonyl (C=O) groups is 1. The minimum absolute atomic E-state index is 0.0342. The van der Waals surface area contributed by atoms with Crippen LogP contribution in [0, 0.1) is 6.92 Å². The molecule has 1 amide bonds. The minimum Gasteiger partial charge on any atom is -0.484 e. The van der Waals surface area contributed by atoms with Crippen LogP contribution in [0.3, 0.4) is 0 Å². The van der Waals surface area contributed by atoms with E-state index in [1.54, 1.807) is 0 Å².